The summed E-state index contributed by atoms with van der Waals surface area (Å²) in [5, 5.41) is 0. The molecule has 0 unspecified atom stereocenters. The molecule has 0 bridgehead atoms. The van der Waals surface area contributed by atoms with Gasteiger partial charge in [0.25, 0.3) is 5.91 Å². The summed E-state index contributed by atoms with van der Waals surface area (Å²) < 4.78 is 67.8. The Balaban J connectivity index is 1.66. The maximum absolute atomic E-state index is 13.0. The zero-order valence-corrected chi connectivity index (χ0v) is 17.3. The lowest BCUT2D eigenvalue weighted by Gasteiger charge is -2.34. The van der Waals surface area contributed by atoms with Crippen molar-refractivity contribution in [3.8, 4) is 5.75 Å². The number of rotatable bonds is 4. The van der Waals surface area contributed by atoms with Crippen LogP contribution in [-0.4, -0.2) is 56.1 Å². The largest absolute Gasteiger partial charge is 0.573 e. The van der Waals surface area contributed by atoms with Crippen LogP contribution in [0.15, 0.2) is 47.4 Å². The van der Waals surface area contributed by atoms with Crippen LogP contribution in [0.5, 0.6) is 5.75 Å². The molecule has 1 heterocycles. The van der Waals surface area contributed by atoms with Gasteiger partial charge in [-0.2, -0.15) is 4.31 Å². The molecular formula is C20H21F3N2O4S. The van der Waals surface area contributed by atoms with E-state index in [1.54, 1.807) is 19.1 Å². The Morgan fingerprint density at radius 2 is 1.57 bits per heavy atom. The minimum Gasteiger partial charge on any atom is -0.406 e. The maximum atomic E-state index is 13.0. The van der Waals surface area contributed by atoms with Gasteiger partial charge in [0, 0.05) is 31.7 Å². The van der Waals surface area contributed by atoms with Crippen molar-refractivity contribution in [3.63, 3.8) is 0 Å². The monoisotopic (exact) mass is 442 g/mol. The summed E-state index contributed by atoms with van der Waals surface area (Å²) in [5.41, 5.74) is 1.70. The molecule has 3 rings (SSSR count). The van der Waals surface area contributed by atoms with E-state index in [0.29, 0.717) is 5.56 Å². The molecule has 2 aromatic carbocycles. The minimum absolute atomic E-state index is 0.136. The average molecular weight is 442 g/mol. The van der Waals surface area contributed by atoms with E-state index < -0.39 is 22.1 Å². The lowest BCUT2D eigenvalue weighted by atomic mass is 10.2. The standard InChI is InChI=1S/C20H21F3N2O4S/c1-14-3-4-15(2)18(13-14)30(27,28)25-11-9-24(10-12-25)19(26)16-5-7-17(8-6-16)29-20(21,22)23/h3-8,13H,9-12H2,1-2H3. The SMILES string of the molecule is Cc1ccc(C)c(S(=O)(=O)N2CCN(C(=O)c3ccc(OC(F)(F)F)cc3)CC2)c1. The number of carbonyl (C=O) groups excluding carboxylic acids is 1. The lowest BCUT2D eigenvalue weighted by molar-refractivity contribution is -0.274. The molecule has 2 aromatic rings. The quantitative estimate of drug-likeness (QED) is 0.729. The van der Waals surface area contributed by atoms with Gasteiger partial charge in [0.1, 0.15) is 5.75 Å². The molecule has 1 amide bonds. The lowest BCUT2D eigenvalue weighted by Crippen LogP contribution is -2.50. The summed E-state index contributed by atoms with van der Waals surface area (Å²) in [4.78, 5) is 14.3. The molecule has 1 saturated heterocycles. The summed E-state index contributed by atoms with van der Waals surface area (Å²) in [5.74, 6) is -0.791. The number of hydrogen-bond donors (Lipinski definition) is 0. The Morgan fingerprint density at radius 3 is 2.13 bits per heavy atom. The van der Waals surface area contributed by atoms with Crippen molar-refractivity contribution in [2.75, 3.05) is 26.2 Å². The summed E-state index contributed by atoms with van der Waals surface area (Å²) in [6.07, 6.45) is -4.80. The number of halogens is 3. The number of aryl methyl sites for hydroxylation is 2. The molecule has 30 heavy (non-hydrogen) atoms. The van der Waals surface area contributed by atoms with E-state index in [0.717, 1.165) is 17.7 Å². The van der Waals surface area contributed by atoms with Crippen LogP contribution in [-0.2, 0) is 10.0 Å². The van der Waals surface area contributed by atoms with Gasteiger partial charge in [-0.15, -0.1) is 13.2 Å². The van der Waals surface area contributed by atoms with E-state index >= 15 is 0 Å². The molecule has 0 spiro atoms. The highest BCUT2D eigenvalue weighted by atomic mass is 32.2. The fourth-order valence-electron chi connectivity index (χ4n) is 3.24. The Bertz CT molecular complexity index is 1030. The summed E-state index contributed by atoms with van der Waals surface area (Å²) in [6.45, 7) is 4.19. The molecule has 10 heteroatoms. The van der Waals surface area contributed by atoms with E-state index in [4.69, 9.17) is 0 Å². The molecule has 1 aliphatic rings. The Kier molecular flexibility index (Phi) is 6.09. The highest BCUT2D eigenvalue weighted by Gasteiger charge is 2.32. The van der Waals surface area contributed by atoms with Crippen molar-refractivity contribution in [1.29, 1.82) is 0 Å². The van der Waals surface area contributed by atoms with Gasteiger partial charge in [-0.3, -0.25) is 4.79 Å². The normalized spacial score (nSPS) is 15.8. The number of amides is 1. The third-order valence-corrected chi connectivity index (χ3v) is 6.86. The van der Waals surface area contributed by atoms with E-state index in [1.165, 1.54) is 21.3 Å². The molecule has 1 fully saturated rings. The molecule has 162 valence electrons. The number of carbonyl (C=O) groups is 1. The van der Waals surface area contributed by atoms with Crippen LogP contribution < -0.4 is 4.74 Å². The third-order valence-electron chi connectivity index (χ3n) is 4.82. The molecule has 0 atom stereocenters. The fourth-order valence-corrected chi connectivity index (χ4v) is 4.97. The Morgan fingerprint density at radius 1 is 0.967 bits per heavy atom. The van der Waals surface area contributed by atoms with Crippen molar-refractivity contribution >= 4 is 15.9 Å². The molecule has 0 saturated carbocycles. The first-order valence-electron chi connectivity index (χ1n) is 9.20. The van der Waals surface area contributed by atoms with Crippen molar-refractivity contribution in [2.24, 2.45) is 0 Å². The van der Waals surface area contributed by atoms with Gasteiger partial charge in [0.15, 0.2) is 0 Å². The second kappa shape index (κ2) is 8.27. The first kappa shape index (κ1) is 22.1. The number of alkyl halides is 3. The third kappa shape index (κ3) is 4.93. The fraction of sp³-hybridized carbons (Fsp3) is 0.350. The highest BCUT2D eigenvalue weighted by molar-refractivity contribution is 7.89. The number of piperazine rings is 1. The summed E-state index contributed by atoms with van der Waals surface area (Å²) in [7, 11) is -3.68. The Hall–Kier alpha value is -2.59. The van der Waals surface area contributed by atoms with Gasteiger partial charge < -0.3 is 9.64 Å². The van der Waals surface area contributed by atoms with Crippen molar-refractivity contribution in [2.45, 2.75) is 25.1 Å². The van der Waals surface area contributed by atoms with Crippen molar-refractivity contribution in [3.05, 3.63) is 59.2 Å². The van der Waals surface area contributed by atoms with E-state index in [-0.39, 0.29) is 42.5 Å². The molecule has 0 aliphatic carbocycles. The molecule has 6 nitrogen and oxygen atoms in total. The zero-order valence-electron chi connectivity index (χ0n) is 16.4. The number of hydrogen-bond acceptors (Lipinski definition) is 4. The molecule has 0 N–H and O–H groups in total. The topological polar surface area (TPSA) is 66.9 Å². The van der Waals surface area contributed by atoms with Crippen LogP contribution in [0.3, 0.4) is 0 Å². The van der Waals surface area contributed by atoms with Gasteiger partial charge in [-0.25, -0.2) is 8.42 Å². The predicted octanol–water partition coefficient (Wildman–Crippen LogP) is 3.35. The zero-order chi connectivity index (χ0) is 22.1. The van der Waals surface area contributed by atoms with Crippen LogP contribution in [0.2, 0.25) is 0 Å². The second-order valence-electron chi connectivity index (χ2n) is 7.04. The molecule has 0 aromatic heterocycles. The van der Waals surface area contributed by atoms with Crippen LogP contribution >= 0.6 is 0 Å². The first-order valence-corrected chi connectivity index (χ1v) is 10.6. The van der Waals surface area contributed by atoms with Gasteiger partial charge in [0.05, 0.1) is 4.90 Å². The van der Waals surface area contributed by atoms with E-state index in [2.05, 4.69) is 4.74 Å². The number of benzene rings is 2. The van der Waals surface area contributed by atoms with Crippen molar-refractivity contribution in [1.82, 2.24) is 9.21 Å². The number of ether oxygens (including phenoxy) is 1. The Labute approximate surface area is 172 Å². The molecular weight excluding hydrogens is 421 g/mol. The van der Waals surface area contributed by atoms with Crippen LogP contribution in [0.1, 0.15) is 21.5 Å². The van der Waals surface area contributed by atoms with Crippen LogP contribution in [0, 0.1) is 13.8 Å². The minimum atomic E-state index is -4.80. The first-order chi connectivity index (χ1) is 14.0. The van der Waals surface area contributed by atoms with E-state index in [9.17, 15) is 26.4 Å². The summed E-state index contributed by atoms with van der Waals surface area (Å²) >= 11 is 0. The van der Waals surface area contributed by atoms with Gasteiger partial charge in [0.2, 0.25) is 10.0 Å². The highest BCUT2D eigenvalue weighted by Crippen LogP contribution is 2.25. The van der Waals surface area contributed by atoms with E-state index in [1.807, 2.05) is 13.0 Å². The van der Waals surface area contributed by atoms with Crippen LogP contribution in [0.4, 0.5) is 13.2 Å². The van der Waals surface area contributed by atoms with Gasteiger partial charge in [-0.1, -0.05) is 12.1 Å². The second-order valence-corrected chi connectivity index (χ2v) is 8.94. The average Bonchev–Trinajstić information content (AvgIpc) is 2.68. The maximum Gasteiger partial charge on any atom is 0.573 e. The predicted molar refractivity (Wildman–Crippen MR) is 104 cm³/mol. The smallest absolute Gasteiger partial charge is 0.406 e. The summed E-state index contributed by atoms with van der Waals surface area (Å²) in [6, 6.07) is 9.88. The number of nitrogens with zero attached hydrogens (tertiary/aromatic N) is 2. The van der Waals surface area contributed by atoms with Gasteiger partial charge >= 0.3 is 6.36 Å². The number of sulfonamides is 1. The van der Waals surface area contributed by atoms with Crippen molar-refractivity contribution < 1.29 is 31.1 Å². The molecule has 0 radical (unpaired) electrons. The molecule has 1 aliphatic heterocycles. The van der Waals surface area contributed by atoms with Gasteiger partial charge in [-0.05, 0) is 55.3 Å². The van der Waals surface area contributed by atoms with Crippen LogP contribution in [0.25, 0.3) is 0 Å².